The second-order valence-corrected chi connectivity index (χ2v) is 3.13. The monoisotopic (exact) mass is 200 g/mol. The first-order chi connectivity index (χ1) is 5.79. The molecule has 2 aromatic heterocycles. The van der Waals surface area contributed by atoms with Gasteiger partial charge in [0, 0.05) is 13.2 Å². The van der Waals surface area contributed by atoms with Gasteiger partial charge in [-0.15, -0.1) is 0 Å². The molecule has 0 N–H and O–H groups in total. The lowest BCUT2D eigenvalue weighted by Crippen LogP contribution is -1.93. The van der Waals surface area contributed by atoms with Gasteiger partial charge in [0.2, 0.25) is 0 Å². The van der Waals surface area contributed by atoms with Crippen LogP contribution >= 0.6 is 23.3 Å². The predicted molar refractivity (Wildman–Crippen MR) is 47.1 cm³/mol. The van der Waals surface area contributed by atoms with Crippen molar-refractivity contribution in [2.75, 3.05) is 0 Å². The van der Waals surface area contributed by atoms with Crippen molar-refractivity contribution in [3.8, 4) is 11.4 Å². The predicted octanol–water partition coefficient (Wildman–Crippen LogP) is 1.59. The van der Waals surface area contributed by atoms with Crippen LogP contribution in [0.4, 0.5) is 0 Å². The molecule has 0 amide bonds. The Morgan fingerprint density at radius 1 is 1.50 bits per heavy atom. The van der Waals surface area contributed by atoms with Gasteiger partial charge in [0.1, 0.15) is 5.69 Å². The average molecular weight is 201 g/mol. The van der Waals surface area contributed by atoms with Crippen molar-refractivity contribution in [3.63, 3.8) is 0 Å². The summed E-state index contributed by atoms with van der Waals surface area (Å²) in [5.74, 6) is 0. The molecule has 0 fully saturated rings. The van der Waals surface area contributed by atoms with Crippen LogP contribution in [0.5, 0.6) is 0 Å². The first kappa shape index (κ1) is 7.70. The molecule has 0 spiro atoms. The average Bonchev–Trinajstić information content (AvgIpc) is 2.59. The van der Waals surface area contributed by atoms with Gasteiger partial charge in [-0.2, -0.15) is 13.8 Å². The van der Waals surface area contributed by atoms with E-state index < -0.39 is 0 Å². The van der Waals surface area contributed by atoms with Gasteiger partial charge < -0.3 is 0 Å². The summed E-state index contributed by atoms with van der Waals surface area (Å²) in [5.41, 5.74) is 1.58. The Morgan fingerprint density at radius 3 is 2.83 bits per heavy atom. The number of hydrogen-bond acceptors (Lipinski definition) is 4. The van der Waals surface area contributed by atoms with Crippen molar-refractivity contribution in [2.45, 2.75) is 0 Å². The van der Waals surface area contributed by atoms with Crippen LogP contribution in [0.3, 0.4) is 0 Å². The van der Waals surface area contributed by atoms with Gasteiger partial charge in [-0.25, -0.2) is 0 Å². The van der Waals surface area contributed by atoms with Crippen molar-refractivity contribution < 1.29 is 0 Å². The SMILES string of the molecule is Cn1nccc1-c1nsnc1Cl. The van der Waals surface area contributed by atoms with Gasteiger partial charge in [0.25, 0.3) is 0 Å². The smallest absolute Gasteiger partial charge is 0.172 e. The lowest BCUT2D eigenvalue weighted by Gasteiger charge is -1.95. The molecule has 0 aliphatic carbocycles. The minimum Gasteiger partial charge on any atom is -0.266 e. The zero-order valence-corrected chi connectivity index (χ0v) is 7.80. The summed E-state index contributed by atoms with van der Waals surface area (Å²) in [4.78, 5) is 0. The largest absolute Gasteiger partial charge is 0.266 e. The summed E-state index contributed by atoms with van der Waals surface area (Å²) >= 11 is 6.90. The van der Waals surface area contributed by atoms with Crippen molar-refractivity contribution in [2.24, 2.45) is 7.05 Å². The lowest BCUT2D eigenvalue weighted by atomic mass is 10.3. The van der Waals surface area contributed by atoms with Crippen molar-refractivity contribution in [1.82, 2.24) is 18.5 Å². The van der Waals surface area contributed by atoms with E-state index in [0.717, 1.165) is 17.4 Å². The molecule has 0 aromatic carbocycles. The zero-order chi connectivity index (χ0) is 8.55. The van der Waals surface area contributed by atoms with Crippen LogP contribution in [0.1, 0.15) is 0 Å². The Hall–Kier alpha value is -0.940. The summed E-state index contributed by atoms with van der Waals surface area (Å²) in [6, 6.07) is 1.85. The second kappa shape index (κ2) is 2.84. The molecule has 0 bridgehead atoms. The van der Waals surface area contributed by atoms with Gasteiger partial charge in [-0.05, 0) is 6.07 Å². The molecule has 6 heteroatoms. The first-order valence-corrected chi connectivity index (χ1v) is 4.36. The highest BCUT2D eigenvalue weighted by Gasteiger charge is 2.10. The highest BCUT2D eigenvalue weighted by molar-refractivity contribution is 6.99. The van der Waals surface area contributed by atoms with Crippen LogP contribution in [0, 0.1) is 0 Å². The fourth-order valence-electron chi connectivity index (χ4n) is 0.937. The molecule has 62 valence electrons. The molecule has 0 aliphatic heterocycles. The van der Waals surface area contributed by atoms with E-state index in [4.69, 9.17) is 11.6 Å². The first-order valence-electron chi connectivity index (χ1n) is 3.25. The van der Waals surface area contributed by atoms with E-state index in [2.05, 4.69) is 13.8 Å². The van der Waals surface area contributed by atoms with Crippen LogP contribution in [-0.2, 0) is 7.05 Å². The molecule has 0 unspecified atom stereocenters. The normalized spacial score (nSPS) is 10.5. The van der Waals surface area contributed by atoms with Crippen molar-refractivity contribution in [1.29, 1.82) is 0 Å². The summed E-state index contributed by atoms with van der Waals surface area (Å²) in [6.07, 6.45) is 1.70. The van der Waals surface area contributed by atoms with Gasteiger partial charge in [-0.3, -0.25) is 4.68 Å². The maximum absolute atomic E-state index is 5.80. The Bertz CT molecular complexity index is 355. The number of rotatable bonds is 1. The molecule has 2 rings (SSSR count). The quantitative estimate of drug-likeness (QED) is 0.702. The number of halogens is 1. The Morgan fingerprint density at radius 2 is 2.33 bits per heavy atom. The van der Waals surface area contributed by atoms with Crippen LogP contribution in [0.2, 0.25) is 5.15 Å². The topological polar surface area (TPSA) is 43.6 Å². The van der Waals surface area contributed by atoms with Crippen LogP contribution in [0.25, 0.3) is 11.4 Å². The fraction of sp³-hybridized carbons (Fsp3) is 0.167. The van der Waals surface area contributed by atoms with E-state index in [0.29, 0.717) is 10.8 Å². The molecule has 4 nitrogen and oxygen atoms in total. The summed E-state index contributed by atoms with van der Waals surface area (Å²) in [7, 11) is 1.84. The number of nitrogens with zero attached hydrogens (tertiary/aromatic N) is 4. The third kappa shape index (κ3) is 1.11. The molecule has 2 heterocycles. The zero-order valence-electron chi connectivity index (χ0n) is 6.23. The van der Waals surface area contributed by atoms with Crippen LogP contribution in [0.15, 0.2) is 12.3 Å². The fourth-order valence-corrected chi connectivity index (χ4v) is 1.68. The number of aryl methyl sites for hydroxylation is 1. The third-order valence-electron chi connectivity index (χ3n) is 1.51. The Balaban J connectivity index is 2.57. The van der Waals surface area contributed by atoms with Gasteiger partial charge in [-0.1, -0.05) is 11.6 Å². The molecular weight excluding hydrogens is 196 g/mol. The van der Waals surface area contributed by atoms with Crippen molar-refractivity contribution in [3.05, 3.63) is 17.4 Å². The molecule has 0 aliphatic rings. The van der Waals surface area contributed by atoms with Crippen LogP contribution < -0.4 is 0 Å². The Labute approximate surface area is 78.1 Å². The molecule has 0 saturated heterocycles. The lowest BCUT2D eigenvalue weighted by molar-refractivity contribution is 0.774. The van der Waals surface area contributed by atoms with E-state index in [1.807, 2.05) is 13.1 Å². The van der Waals surface area contributed by atoms with E-state index in [9.17, 15) is 0 Å². The van der Waals surface area contributed by atoms with Gasteiger partial charge >= 0.3 is 0 Å². The number of aromatic nitrogens is 4. The molecule has 0 saturated carbocycles. The van der Waals surface area contributed by atoms with E-state index in [-0.39, 0.29) is 0 Å². The van der Waals surface area contributed by atoms with E-state index in [1.54, 1.807) is 10.9 Å². The maximum Gasteiger partial charge on any atom is 0.172 e. The van der Waals surface area contributed by atoms with Crippen LogP contribution in [-0.4, -0.2) is 18.5 Å². The van der Waals surface area contributed by atoms with Crippen molar-refractivity contribution >= 4 is 23.3 Å². The third-order valence-corrected chi connectivity index (χ3v) is 2.40. The van der Waals surface area contributed by atoms with E-state index >= 15 is 0 Å². The number of hydrogen-bond donors (Lipinski definition) is 0. The molecule has 2 aromatic rings. The summed E-state index contributed by atoms with van der Waals surface area (Å²) in [6.45, 7) is 0. The minimum atomic E-state index is 0.434. The highest BCUT2D eigenvalue weighted by Crippen LogP contribution is 2.24. The minimum absolute atomic E-state index is 0.434. The summed E-state index contributed by atoms with van der Waals surface area (Å²) < 4.78 is 9.64. The molecule has 12 heavy (non-hydrogen) atoms. The molecule has 0 atom stereocenters. The maximum atomic E-state index is 5.80. The van der Waals surface area contributed by atoms with Gasteiger partial charge in [0.05, 0.1) is 17.4 Å². The van der Waals surface area contributed by atoms with E-state index in [1.165, 1.54) is 0 Å². The summed E-state index contributed by atoms with van der Waals surface area (Å²) in [5, 5.41) is 4.44. The molecular formula is C6H5ClN4S. The highest BCUT2D eigenvalue weighted by atomic mass is 35.5. The second-order valence-electron chi connectivity index (χ2n) is 2.24. The standard InChI is InChI=1S/C6H5ClN4S/c1-11-4(2-3-8-11)5-6(7)10-12-9-5/h2-3H,1H3. The molecule has 0 radical (unpaired) electrons. The van der Waals surface area contributed by atoms with Gasteiger partial charge in [0.15, 0.2) is 5.15 Å². The Kier molecular flexibility index (Phi) is 1.82.